The first-order valence-electron chi connectivity index (χ1n) is 5.34. The van der Waals surface area contributed by atoms with Gasteiger partial charge in [0.25, 0.3) is 0 Å². The van der Waals surface area contributed by atoms with E-state index < -0.39 is 0 Å². The Bertz CT molecular complexity index is 120. The molecule has 1 atom stereocenters. The van der Waals surface area contributed by atoms with E-state index in [1.807, 2.05) is 0 Å². The normalized spacial score (nSPS) is 15.8. The van der Waals surface area contributed by atoms with Crippen molar-refractivity contribution in [1.29, 1.82) is 0 Å². The molecule has 0 radical (unpaired) electrons. The molecule has 0 nitrogen and oxygen atoms in total. The maximum Gasteiger partial charge on any atom is -0.0301 e. The lowest BCUT2D eigenvalue weighted by Gasteiger charge is -2.40. The molecule has 0 bridgehead atoms. The highest BCUT2D eigenvalue weighted by Crippen LogP contribution is 2.40. The van der Waals surface area contributed by atoms with Gasteiger partial charge in [-0.15, -0.1) is 0 Å². The molecule has 0 amide bonds. The first-order valence-corrected chi connectivity index (χ1v) is 5.34. The minimum absolute atomic E-state index is 0.489. The zero-order chi connectivity index (χ0) is 9.94. The van der Waals surface area contributed by atoms with Gasteiger partial charge in [-0.25, -0.2) is 0 Å². The molecule has 0 heteroatoms. The highest BCUT2D eigenvalue weighted by atomic mass is 14.4. The van der Waals surface area contributed by atoms with Crippen molar-refractivity contribution in [2.75, 3.05) is 0 Å². The smallest absolute Gasteiger partial charge is 0.0301 e. The van der Waals surface area contributed by atoms with Crippen LogP contribution in [0.15, 0.2) is 0 Å². The molecular formula is C12H26. The van der Waals surface area contributed by atoms with Crippen molar-refractivity contribution in [3.8, 4) is 0 Å². The third-order valence-corrected chi connectivity index (χ3v) is 3.69. The van der Waals surface area contributed by atoms with Gasteiger partial charge in [-0.3, -0.25) is 0 Å². The second-order valence-electron chi connectivity index (χ2n) is 5.23. The minimum Gasteiger partial charge on any atom is -0.0651 e. The van der Waals surface area contributed by atoms with Crippen molar-refractivity contribution in [1.82, 2.24) is 0 Å². The molecule has 0 aromatic carbocycles. The molecule has 0 spiro atoms. The van der Waals surface area contributed by atoms with Gasteiger partial charge in [0.1, 0.15) is 0 Å². The summed E-state index contributed by atoms with van der Waals surface area (Å²) in [5, 5.41) is 0. The van der Waals surface area contributed by atoms with E-state index in [0.717, 1.165) is 17.8 Å². The number of hydrogen-bond donors (Lipinski definition) is 0. The maximum absolute atomic E-state index is 2.41. The van der Waals surface area contributed by atoms with E-state index in [0.29, 0.717) is 5.41 Å². The molecule has 1 unspecified atom stereocenters. The van der Waals surface area contributed by atoms with Crippen LogP contribution in [0.4, 0.5) is 0 Å². The zero-order valence-corrected chi connectivity index (χ0v) is 9.94. The molecule has 74 valence electrons. The third kappa shape index (κ3) is 2.50. The van der Waals surface area contributed by atoms with Crippen LogP contribution in [-0.4, -0.2) is 0 Å². The minimum atomic E-state index is 0.489. The van der Waals surface area contributed by atoms with E-state index in [4.69, 9.17) is 0 Å². The summed E-state index contributed by atoms with van der Waals surface area (Å²) in [5.41, 5.74) is 0.489. The summed E-state index contributed by atoms with van der Waals surface area (Å²) in [6.45, 7) is 16.5. The van der Waals surface area contributed by atoms with Crippen molar-refractivity contribution in [2.45, 2.75) is 54.9 Å². The first-order chi connectivity index (χ1) is 5.34. The lowest BCUT2D eigenvalue weighted by molar-refractivity contribution is 0.0938. The average Bonchev–Trinajstić information content (AvgIpc) is 1.86. The van der Waals surface area contributed by atoms with Gasteiger partial charge < -0.3 is 0 Å². The van der Waals surface area contributed by atoms with Crippen LogP contribution >= 0.6 is 0 Å². The third-order valence-electron chi connectivity index (χ3n) is 3.69. The highest BCUT2D eigenvalue weighted by molar-refractivity contribution is 4.82. The van der Waals surface area contributed by atoms with Crippen molar-refractivity contribution in [3.63, 3.8) is 0 Å². The summed E-state index contributed by atoms with van der Waals surface area (Å²) < 4.78 is 0. The molecule has 0 rings (SSSR count). The van der Waals surface area contributed by atoms with E-state index >= 15 is 0 Å². The van der Waals surface area contributed by atoms with Crippen LogP contribution < -0.4 is 0 Å². The molecule has 0 aliphatic carbocycles. The van der Waals surface area contributed by atoms with Crippen LogP contribution in [0, 0.1) is 23.2 Å². The van der Waals surface area contributed by atoms with Gasteiger partial charge in [0.05, 0.1) is 0 Å². The van der Waals surface area contributed by atoms with Crippen LogP contribution in [0.3, 0.4) is 0 Å². The Morgan fingerprint density at radius 2 is 1.42 bits per heavy atom. The Morgan fingerprint density at radius 1 is 1.00 bits per heavy atom. The topological polar surface area (TPSA) is 0 Å². The highest BCUT2D eigenvalue weighted by Gasteiger charge is 2.32. The molecular weight excluding hydrogens is 144 g/mol. The van der Waals surface area contributed by atoms with Gasteiger partial charge in [0.2, 0.25) is 0 Å². The fourth-order valence-corrected chi connectivity index (χ4v) is 2.28. The summed E-state index contributed by atoms with van der Waals surface area (Å²) in [6, 6.07) is 0. The Labute approximate surface area is 78.8 Å². The predicted octanol–water partition coefficient (Wildman–Crippen LogP) is 4.35. The lowest BCUT2D eigenvalue weighted by atomic mass is 9.65. The molecule has 0 fully saturated rings. The number of rotatable bonds is 4. The molecule has 0 N–H and O–H groups in total. The summed E-state index contributed by atoms with van der Waals surface area (Å²) in [5.74, 6) is 2.45. The molecule has 0 aromatic rings. The van der Waals surface area contributed by atoms with Crippen molar-refractivity contribution in [2.24, 2.45) is 23.2 Å². The van der Waals surface area contributed by atoms with E-state index in [1.54, 1.807) is 0 Å². The Morgan fingerprint density at radius 3 is 1.50 bits per heavy atom. The molecule has 0 aromatic heterocycles. The van der Waals surface area contributed by atoms with Gasteiger partial charge in [-0.05, 0) is 23.2 Å². The van der Waals surface area contributed by atoms with Crippen molar-refractivity contribution in [3.05, 3.63) is 0 Å². The molecule has 0 saturated heterocycles. The number of hydrogen-bond acceptors (Lipinski definition) is 0. The second-order valence-corrected chi connectivity index (χ2v) is 5.23. The Hall–Kier alpha value is 0. The molecule has 0 aliphatic rings. The quantitative estimate of drug-likeness (QED) is 0.588. The van der Waals surface area contributed by atoms with Gasteiger partial charge in [0, 0.05) is 0 Å². The second kappa shape index (κ2) is 4.30. The first kappa shape index (κ1) is 12.0. The molecule has 12 heavy (non-hydrogen) atoms. The SMILES string of the molecule is CCC(C(C)C)C(C)(C)C(C)C. The van der Waals surface area contributed by atoms with Crippen LogP contribution in [0.25, 0.3) is 0 Å². The van der Waals surface area contributed by atoms with Crippen LogP contribution in [-0.2, 0) is 0 Å². The monoisotopic (exact) mass is 170 g/mol. The largest absolute Gasteiger partial charge is 0.0651 e. The van der Waals surface area contributed by atoms with Crippen molar-refractivity contribution < 1.29 is 0 Å². The van der Waals surface area contributed by atoms with Crippen molar-refractivity contribution >= 4 is 0 Å². The van der Waals surface area contributed by atoms with Gasteiger partial charge >= 0.3 is 0 Å². The maximum atomic E-state index is 2.41. The van der Waals surface area contributed by atoms with Crippen LogP contribution in [0.5, 0.6) is 0 Å². The fourth-order valence-electron chi connectivity index (χ4n) is 2.28. The van der Waals surface area contributed by atoms with E-state index in [-0.39, 0.29) is 0 Å². The standard InChI is InChI=1S/C12H26/c1-8-11(9(2)3)12(6,7)10(4)5/h9-11H,8H2,1-7H3. The Balaban J connectivity index is 4.47. The van der Waals surface area contributed by atoms with Gasteiger partial charge in [-0.1, -0.05) is 54.9 Å². The fraction of sp³-hybridized carbons (Fsp3) is 1.00. The average molecular weight is 170 g/mol. The summed E-state index contributed by atoms with van der Waals surface area (Å²) in [7, 11) is 0. The molecule has 0 saturated carbocycles. The molecule has 0 heterocycles. The summed E-state index contributed by atoms with van der Waals surface area (Å²) in [4.78, 5) is 0. The summed E-state index contributed by atoms with van der Waals surface area (Å²) >= 11 is 0. The molecule has 0 aliphatic heterocycles. The Kier molecular flexibility index (Phi) is 4.30. The predicted molar refractivity (Wildman–Crippen MR) is 57.2 cm³/mol. The van der Waals surface area contributed by atoms with E-state index in [1.165, 1.54) is 6.42 Å². The van der Waals surface area contributed by atoms with Gasteiger partial charge in [-0.2, -0.15) is 0 Å². The van der Waals surface area contributed by atoms with E-state index in [2.05, 4.69) is 48.5 Å². The van der Waals surface area contributed by atoms with E-state index in [9.17, 15) is 0 Å². The van der Waals surface area contributed by atoms with Crippen LogP contribution in [0.2, 0.25) is 0 Å². The van der Waals surface area contributed by atoms with Gasteiger partial charge in [0.15, 0.2) is 0 Å². The van der Waals surface area contributed by atoms with Crippen LogP contribution in [0.1, 0.15) is 54.9 Å². The lowest BCUT2D eigenvalue weighted by Crippen LogP contribution is -2.32. The summed E-state index contributed by atoms with van der Waals surface area (Å²) in [6.07, 6.45) is 1.31. The zero-order valence-electron chi connectivity index (χ0n) is 9.94.